The van der Waals surface area contributed by atoms with Gasteiger partial charge in [0, 0.05) is 19.2 Å². The van der Waals surface area contributed by atoms with Gasteiger partial charge in [0.15, 0.2) is 0 Å². The molecule has 1 N–H and O–H groups in total. The molecule has 1 heterocycles. The highest BCUT2D eigenvalue weighted by Gasteiger charge is 2.48. The number of fused-ring (bicyclic) bond motifs is 1. The lowest BCUT2D eigenvalue weighted by Crippen LogP contribution is -2.42. The first-order chi connectivity index (χ1) is 12.4. The van der Waals surface area contributed by atoms with Gasteiger partial charge in [-0.05, 0) is 12.1 Å². The zero-order chi connectivity index (χ0) is 19.0. The van der Waals surface area contributed by atoms with Crippen molar-refractivity contribution < 1.29 is 24.2 Å². The number of aliphatic hydroxyl groups is 1. The quantitative estimate of drug-likeness (QED) is 0.793. The van der Waals surface area contributed by atoms with Crippen molar-refractivity contribution in [3.8, 4) is 5.69 Å². The first kappa shape index (κ1) is 17.9. The van der Waals surface area contributed by atoms with E-state index in [0.29, 0.717) is 11.4 Å². The number of benzene rings is 1. The molecule has 8 heteroatoms. The maximum Gasteiger partial charge on any atom is 0.312 e. The van der Waals surface area contributed by atoms with Gasteiger partial charge in [-0.2, -0.15) is 0 Å². The summed E-state index contributed by atoms with van der Waals surface area (Å²) in [5, 5.41) is 10.8. The molecule has 26 heavy (non-hydrogen) atoms. The Hall–Kier alpha value is -2.87. The van der Waals surface area contributed by atoms with Crippen LogP contribution in [0.5, 0.6) is 0 Å². The number of para-hydroxylation sites is 1. The van der Waals surface area contributed by atoms with Crippen LogP contribution in [0.25, 0.3) is 5.69 Å². The topological polar surface area (TPSA) is 99.8 Å². The summed E-state index contributed by atoms with van der Waals surface area (Å²) in [6, 6.07) is 8.92. The van der Waals surface area contributed by atoms with Crippen molar-refractivity contribution >= 4 is 11.9 Å². The molecule has 0 spiro atoms. The molecule has 0 amide bonds. The normalized spacial score (nSPS) is 21.8. The van der Waals surface area contributed by atoms with Crippen LogP contribution in [0.3, 0.4) is 0 Å². The number of esters is 2. The molecule has 3 rings (SSSR count). The highest BCUT2D eigenvalue weighted by atomic mass is 16.5. The third-order valence-corrected chi connectivity index (χ3v) is 4.89. The van der Waals surface area contributed by atoms with E-state index in [1.807, 2.05) is 6.07 Å². The maximum absolute atomic E-state index is 13.0. The summed E-state index contributed by atoms with van der Waals surface area (Å²) in [6.45, 7) is 0. The summed E-state index contributed by atoms with van der Waals surface area (Å²) in [7, 11) is 4.06. The molecule has 1 aliphatic rings. The zero-order valence-corrected chi connectivity index (χ0v) is 14.7. The number of carbonyl (C=O) groups excluding carboxylic acids is 2. The molecule has 1 aliphatic carbocycles. The number of aromatic nitrogens is 2. The molecule has 3 atom stereocenters. The Balaban J connectivity index is 2.20. The van der Waals surface area contributed by atoms with Gasteiger partial charge >= 0.3 is 11.9 Å². The van der Waals surface area contributed by atoms with E-state index in [4.69, 9.17) is 9.47 Å². The second kappa shape index (κ2) is 6.80. The van der Waals surface area contributed by atoms with Gasteiger partial charge in [0.2, 0.25) is 0 Å². The van der Waals surface area contributed by atoms with E-state index in [2.05, 4.69) is 0 Å². The van der Waals surface area contributed by atoms with Gasteiger partial charge in [0.25, 0.3) is 5.56 Å². The Labute approximate surface area is 149 Å². The fourth-order valence-corrected chi connectivity index (χ4v) is 3.61. The fourth-order valence-electron chi connectivity index (χ4n) is 3.61. The number of ether oxygens (including phenoxy) is 2. The minimum absolute atomic E-state index is 0.0877. The summed E-state index contributed by atoms with van der Waals surface area (Å²) < 4.78 is 12.5. The van der Waals surface area contributed by atoms with E-state index in [9.17, 15) is 19.5 Å². The molecular weight excluding hydrogens is 340 g/mol. The average Bonchev–Trinajstić information content (AvgIpc) is 2.91. The van der Waals surface area contributed by atoms with Gasteiger partial charge in [-0.3, -0.25) is 19.1 Å². The number of rotatable bonds is 3. The van der Waals surface area contributed by atoms with Crippen LogP contribution < -0.4 is 5.56 Å². The second-order valence-electron chi connectivity index (χ2n) is 6.16. The van der Waals surface area contributed by atoms with E-state index in [0.717, 1.165) is 0 Å². The third-order valence-electron chi connectivity index (χ3n) is 4.89. The van der Waals surface area contributed by atoms with Crippen LogP contribution >= 0.6 is 0 Å². The maximum atomic E-state index is 13.0. The van der Waals surface area contributed by atoms with E-state index >= 15 is 0 Å². The summed E-state index contributed by atoms with van der Waals surface area (Å²) in [5.74, 6) is -3.52. The Morgan fingerprint density at radius 3 is 2.31 bits per heavy atom. The standard InChI is InChI=1S/C18H20N2O6/c1-19-12-9-11(17(23)25-2)13(18(24)26-3)15(21)14(12)16(22)20(19)10-7-5-4-6-8-10/h4-8,11,13,15,21H,9H2,1-3H3/t11-,13+,15-/m1/s1. The predicted octanol–water partition coefficient (Wildman–Crippen LogP) is 0.344. The molecule has 0 saturated carbocycles. The van der Waals surface area contributed by atoms with Gasteiger partial charge < -0.3 is 14.6 Å². The molecule has 0 aliphatic heterocycles. The van der Waals surface area contributed by atoms with Crippen LogP contribution in [0.2, 0.25) is 0 Å². The Morgan fingerprint density at radius 2 is 1.73 bits per heavy atom. The molecule has 0 unspecified atom stereocenters. The molecule has 1 aromatic heterocycles. The monoisotopic (exact) mass is 360 g/mol. The highest BCUT2D eigenvalue weighted by Crippen LogP contribution is 2.38. The third kappa shape index (κ3) is 2.62. The largest absolute Gasteiger partial charge is 0.469 e. The minimum atomic E-state index is -1.46. The first-order valence-electron chi connectivity index (χ1n) is 8.12. The van der Waals surface area contributed by atoms with Gasteiger partial charge in [-0.15, -0.1) is 0 Å². The van der Waals surface area contributed by atoms with Crippen molar-refractivity contribution in [2.24, 2.45) is 18.9 Å². The van der Waals surface area contributed by atoms with Crippen molar-refractivity contribution in [2.75, 3.05) is 14.2 Å². The highest BCUT2D eigenvalue weighted by molar-refractivity contribution is 5.83. The minimum Gasteiger partial charge on any atom is -0.469 e. The van der Waals surface area contributed by atoms with Crippen molar-refractivity contribution in [3.05, 3.63) is 51.9 Å². The number of hydrogen-bond donors (Lipinski definition) is 1. The van der Waals surface area contributed by atoms with Gasteiger partial charge in [0.1, 0.15) is 12.0 Å². The van der Waals surface area contributed by atoms with Crippen LogP contribution in [-0.2, 0) is 32.5 Å². The first-order valence-corrected chi connectivity index (χ1v) is 8.12. The predicted molar refractivity (Wildman–Crippen MR) is 90.7 cm³/mol. The van der Waals surface area contributed by atoms with E-state index in [1.165, 1.54) is 18.9 Å². The van der Waals surface area contributed by atoms with E-state index < -0.39 is 35.4 Å². The average molecular weight is 360 g/mol. The number of nitrogens with zero attached hydrogens (tertiary/aromatic N) is 2. The van der Waals surface area contributed by atoms with Gasteiger partial charge in [0.05, 0.1) is 31.4 Å². The molecule has 0 saturated heterocycles. The lowest BCUT2D eigenvalue weighted by molar-refractivity contribution is -0.163. The Kier molecular flexibility index (Phi) is 4.69. The van der Waals surface area contributed by atoms with E-state index in [1.54, 1.807) is 36.0 Å². The zero-order valence-electron chi connectivity index (χ0n) is 14.7. The fraction of sp³-hybridized carbons (Fsp3) is 0.389. The molecule has 0 bridgehead atoms. The van der Waals surface area contributed by atoms with Crippen LogP contribution in [0.15, 0.2) is 35.1 Å². The van der Waals surface area contributed by atoms with Crippen molar-refractivity contribution in [1.29, 1.82) is 0 Å². The number of methoxy groups -OCH3 is 2. The van der Waals surface area contributed by atoms with Crippen molar-refractivity contribution in [1.82, 2.24) is 9.36 Å². The Morgan fingerprint density at radius 1 is 1.12 bits per heavy atom. The molecule has 1 aromatic carbocycles. The molecule has 2 aromatic rings. The second-order valence-corrected chi connectivity index (χ2v) is 6.16. The molecule has 0 fully saturated rings. The molecule has 0 radical (unpaired) electrons. The summed E-state index contributed by atoms with van der Waals surface area (Å²) in [4.78, 5) is 37.3. The number of carbonyl (C=O) groups is 2. The van der Waals surface area contributed by atoms with Gasteiger partial charge in [-0.25, -0.2) is 4.68 Å². The lowest BCUT2D eigenvalue weighted by atomic mass is 9.76. The van der Waals surface area contributed by atoms with Crippen LogP contribution in [0.1, 0.15) is 17.4 Å². The van der Waals surface area contributed by atoms with Crippen LogP contribution in [0, 0.1) is 11.8 Å². The number of aliphatic hydroxyl groups excluding tert-OH is 1. The Bertz CT molecular complexity index is 898. The van der Waals surface area contributed by atoms with Crippen LogP contribution in [-0.4, -0.2) is 40.6 Å². The van der Waals surface area contributed by atoms with E-state index in [-0.39, 0.29) is 12.0 Å². The van der Waals surface area contributed by atoms with Crippen LogP contribution in [0.4, 0.5) is 0 Å². The smallest absolute Gasteiger partial charge is 0.312 e. The molecule has 138 valence electrons. The van der Waals surface area contributed by atoms with Crippen molar-refractivity contribution in [3.63, 3.8) is 0 Å². The SMILES string of the molecule is COC(=O)[C@H]1[C@H](C(=O)OC)Cc2c(c(=O)n(-c3ccccc3)n2C)[C@@H]1O. The van der Waals surface area contributed by atoms with Gasteiger partial charge in [-0.1, -0.05) is 18.2 Å². The van der Waals surface area contributed by atoms with Crippen molar-refractivity contribution in [2.45, 2.75) is 12.5 Å². The summed E-state index contributed by atoms with van der Waals surface area (Å²) in [6.07, 6.45) is -1.37. The number of hydrogen-bond acceptors (Lipinski definition) is 6. The lowest BCUT2D eigenvalue weighted by Gasteiger charge is -2.31. The molecular formula is C18H20N2O6. The summed E-state index contributed by atoms with van der Waals surface area (Å²) in [5.41, 5.74) is 0.776. The summed E-state index contributed by atoms with van der Waals surface area (Å²) >= 11 is 0. The molecule has 8 nitrogen and oxygen atoms in total.